The van der Waals surface area contributed by atoms with Crippen molar-refractivity contribution in [3.8, 4) is 0 Å². The van der Waals surface area contributed by atoms with Gasteiger partial charge < -0.3 is 5.11 Å². The molecule has 0 amide bonds. The molecule has 1 unspecified atom stereocenters. The largest absolute Gasteiger partial charge is 0.392 e. The topological polar surface area (TPSA) is 20.2 Å². The molecule has 0 aromatic heterocycles. The van der Waals surface area contributed by atoms with Crippen LogP contribution < -0.4 is 0 Å². The van der Waals surface area contributed by atoms with Gasteiger partial charge in [0.15, 0.2) is 0 Å². The Morgan fingerprint density at radius 2 is 2.38 bits per heavy atom. The first kappa shape index (κ1) is 9.26. The number of rotatable bonds is 3. The van der Waals surface area contributed by atoms with E-state index in [0.717, 1.165) is 18.3 Å². The lowest BCUT2D eigenvalue weighted by atomic mass is 9.95. The van der Waals surface area contributed by atoms with E-state index in [0.29, 0.717) is 11.3 Å². The lowest BCUT2D eigenvalue weighted by molar-refractivity contribution is 0.124. The van der Waals surface area contributed by atoms with E-state index in [9.17, 15) is 5.11 Å². The van der Waals surface area contributed by atoms with Gasteiger partial charge in [-0.3, -0.25) is 0 Å². The summed E-state index contributed by atoms with van der Waals surface area (Å²) < 4.78 is 0. The molecule has 2 fully saturated rings. The van der Waals surface area contributed by atoms with Gasteiger partial charge in [0.1, 0.15) is 0 Å². The lowest BCUT2D eigenvalue weighted by Crippen LogP contribution is -2.15. The van der Waals surface area contributed by atoms with Gasteiger partial charge in [0.2, 0.25) is 0 Å². The maximum absolute atomic E-state index is 9.91. The Morgan fingerprint density at radius 3 is 2.85 bits per heavy atom. The third-order valence-electron chi connectivity index (χ3n) is 4.37. The molecule has 0 aliphatic heterocycles. The van der Waals surface area contributed by atoms with E-state index in [1.165, 1.54) is 12.8 Å². The maximum Gasteiger partial charge on any atom is 0.0610 e. The Hall–Kier alpha value is -0.300. The van der Waals surface area contributed by atoms with E-state index in [2.05, 4.69) is 20.4 Å². The third-order valence-corrected chi connectivity index (χ3v) is 4.37. The highest BCUT2D eigenvalue weighted by atomic mass is 16.3. The van der Waals surface area contributed by atoms with Crippen molar-refractivity contribution in [2.75, 3.05) is 0 Å². The molecular formula is C12H20O. The average Bonchev–Trinajstić information content (AvgIpc) is 2.59. The molecule has 1 N–H and O–H groups in total. The maximum atomic E-state index is 9.91. The molecule has 2 aliphatic carbocycles. The van der Waals surface area contributed by atoms with Crippen LogP contribution >= 0.6 is 0 Å². The molecule has 1 heteroatoms. The Balaban J connectivity index is 2.02. The van der Waals surface area contributed by atoms with E-state index < -0.39 is 0 Å². The highest BCUT2D eigenvalue weighted by Crippen LogP contribution is 2.71. The quantitative estimate of drug-likeness (QED) is 0.662. The van der Waals surface area contributed by atoms with Gasteiger partial charge in [-0.25, -0.2) is 0 Å². The van der Waals surface area contributed by atoms with Crippen molar-refractivity contribution in [1.82, 2.24) is 0 Å². The predicted octanol–water partition coefficient (Wildman–Crippen LogP) is 2.61. The summed E-state index contributed by atoms with van der Waals surface area (Å²) in [6.45, 7) is 8.36. The molecule has 2 saturated carbocycles. The molecule has 0 aromatic rings. The molecule has 2 rings (SSSR count). The van der Waals surface area contributed by atoms with Crippen LogP contribution in [0.1, 0.15) is 33.1 Å². The fourth-order valence-electron chi connectivity index (χ4n) is 3.69. The number of hydrogen-bond acceptors (Lipinski definition) is 1. The predicted molar refractivity (Wildman–Crippen MR) is 54.3 cm³/mol. The number of hydrogen-bond donors (Lipinski definition) is 1. The fraction of sp³-hybridized carbons (Fsp3) is 0.833. The summed E-state index contributed by atoms with van der Waals surface area (Å²) in [6, 6.07) is 0. The van der Waals surface area contributed by atoms with Gasteiger partial charge in [0, 0.05) is 0 Å². The SMILES string of the molecule is C=CC[C@@H](O)[C@H]1[C@@H]2C(C)CC[C@]12C. The van der Waals surface area contributed by atoms with Crippen molar-refractivity contribution in [3.05, 3.63) is 12.7 Å². The molecule has 0 spiro atoms. The summed E-state index contributed by atoms with van der Waals surface area (Å²) in [5.74, 6) is 2.19. The van der Waals surface area contributed by atoms with E-state index in [4.69, 9.17) is 0 Å². The van der Waals surface area contributed by atoms with Crippen molar-refractivity contribution in [2.24, 2.45) is 23.2 Å². The van der Waals surface area contributed by atoms with Crippen LogP contribution in [-0.4, -0.2) is 11.2 Å². The van der Waals surface area contributed by atoms with Gasteiger partial charge in [0.05, 0.1) is 6.10 Å². The van der Waals surface area contributed by atoms with E-state index in [1.54, 1.807) is 0 Å². The molecule has 0 saturated heterocycles. The summed E-state index contributed by atoms with van der Waals surface area (Å²) >= 11 is 0. The standard InChI is InChI=1S/C12H20O/c1-4-5-9(13)11-10-8(2)6-7-12(10,11)3/h4,8-11,13H,1,5-7H2,2-3H3/t8?,9-,10+,11+,12+/m1/s1. The summed E-state index contributed by atoms with van der Waals surface area (Å²) in [6.07, 6.45) is 5.15. The molecule has 1 nitrogen and oxygen atoms in total. The smallest absolute Gasteiger partial charge is 0.0610 e. The Kier molecular flexibility index (Phi) is 2.03. The van der Waals surface area contributed by atoms with Crippen LogP contribution in [0.15, 0.2) is 12.7 Å². The van der Waals surface area contributed by atoms with Crippen LogP contribution in [0.25, 0.3) is 0 Å². The summed E-state index contributed by atoms with van der Waals surface area (Å²) in [5, 5.41) is 9.91. The van der Waals surface area contributed by atoms with E-state index in [1.807, 2.05) is 6.08 Å². The van der Waals surface area contributed by atoms with Crippen molar-refractivity contribution in [3.63, 3.8) is 0 Å². The first-order chi connectivity index (χ1) is 6.11. The zero-order valence-corrected chi connectivity index (χ0v) is 8.66. The lowest BCUT2D eigenvalue weighted by Gasteiger charge is -2.15. The molecule has 74 valence electrons. The summed E-state index contributed by atoms with van der Waals surface area (Å²) in [4.78, 5) is 0. The minimum atomic E-state index is -0.129. The average molecular weight is 180 g/mol. The van der Waals surface area contributed by atoms with Crippen molar-refractivity contribution in [2.45, 2.75) is 39.2 Å². The third kappa shape index (κ3) is 1.17. The van der Waals surface area contributed by atoms with Crippen LogP contribution in [0.5, 0.6) is 0 Å². The highest BCUT2D eigenvalue weighted by Gasteiger charge is 2.67. The second kappa shape index (κ2) is 2.84. The first-order valence-electron chi connectivity index (χ1n) is 5.40. The molecule has 0 aromatic carbocycles. The zero-order chi connectivity index (χ0) is 9.64. The minimum Gasteiger partial charge on any atom is -0.392 e. The van der Waals surface area contributed by atoms with E-state index in [-0.39, 0.29) is 6.10 Å². The molecule has 2 aliphatic rings. The van der Waals surface area contributed by atoms with Crippen LogP contribution in [-0.2, 0) is 0 Å². The first-order valence-corrected chi connectivity index (χ1v) is 5.40. The molecular weight excluding hydrogens is 160 g/mol. The van der Waals surface area contributed by atoms with Crippen molar-refractivity contribution >= 4 is 0 Å². The minimum absolute atomic E-state index is 0.129. The van der Waals surface area contributed by atoms with Gasteiger partial charge in [-0.15, -0.1) is 6.58 Å². The fourth-order valence-corrected chi connectivity index (χ4v) is 3.69. The van der Waals surface area contributed by atoms with Gasteiger partial charge in [-0.05, 0) is 42.4 Å². The van der Waals surface area contributed by atoms with Gasteiger partial charge in [-0.2, -0.15) is 0 Å². The molecule has 0 bridgehead atoms. The van der Waals surface area contributed by atoms with Gasteiger partial charge in [0.25, 0.3) is 0 Å². The highest BCUT2D eigenvalue weighted by molar-refractivity contribution is 5.16. The van der Waals surface area contributed by atoms with Crippen molar-refractivity contribution in [1.29, 1.82) is 0 Å². The second-order valence-corrected chi connectivity index (χ2v) is 5.17. The number of aliphatic hydroxyl groups excluding tert-OH is 1. The Morgan fingerprint density at radius 1 is 1.69 bits per heavy atom. The zero-order valence-electron chi connectivity index (χ0n) is 8.66. The number of fused-ring (bicyclic) bond motifs is 1. The van der Waals surface area contributed by atoms with Crippen LogP contribution in [0, 0.1) is 23.2 Å². The van der Waals surface area contributed by atoms with Gasteiger partial charge >= 0.3 is 0 Å². The second-order valence-electron chi connectivity index (χ2n) is 5.17. The molecule has 0 radical (unpaired) electrons. The molecule has 5 atom stereocenters. The Labute approximate surface area is 80.8 Å². The monoisotopic (exact) mass is 180 g/mol. The molecule has 13 heavy (non-hydrogen) atoms. The number of aliphatic hydroxyl groups is 1. The summed E-state index contributed by atoms with van der Waals surface area (Å²) in [7, 11) is 0. The van der Waals surface area contributed by atoms with Crippen LogP contribution in [0.3, 0.4) is 0 Å². The van der Waals surface area contributed by atoms with Crippen LogP contribution in [0.2, 0.25) is 0 Å². The Bertz CT molecular complexity index is 223. The van der Waals surface area contributed by atoms with E-state index >= 15 is 0 Å². The normalized spacial score (nSPS) is 49.9. The van der Waals surface area contributed by atoms with Crippen LogP contribution in [0.4, 0.5) is 0 Å². The van der Waals surface area contributed by atoms with Crippen molar-refractivity contribution < 1.29 is 5.11 Å². The summed E-state index contributed by atoms with van der Waals surface area (Å²) in [5.41, 5.74) is 0.474. The molecule has 0 heterocycles. The van der Waals surface area contributed by atoms with Gasteiger partial charge in [-0.1, -0.05) is 19.9 Å².